The lowest BCUT2D eigenvalue weighted by atomic mass is 10.0. The van der Waals surface area contributed by atoms with Gasteiger partial charge in [-0.1, -0.05) is 215 Å². The maximum absolute atomic E-state index is 12.7. The Morgan fingerprint density at radius 2 is 0.985 bits per heavy atom. The van der Waals surface area contributed by atoms with Gasteiger partial charge in [0.2, 0.25) is 0 Å². The SMILES string of the molecule is CC/C=C\C/C=C\C/C=C\C/C=C\C/C=C\C=C/C(O)CCC(=O)O[C@H](COC(=O)CCCCCCCCCCCCCCCCCCCCCCC)COP(=O)(O)OC[C@H](N)C(=O)O. The van der Waals surface area contributed by atoms with Gasteiger partial charge in [-0.3, -0.25) is 23.4 Å². The average molecular weight is 936 g/mol. The number of phosphoric acid groups is 1. The number of carbonyl (C=O) groups excluding carboxylic acids is 2. The molecule has 0 spiro atoms. The van der Waals surface area contributed by atoms with E-state index in [-0.39, 0.29) is 19.3 Å². The van der Waals surface area contributed by atoms with Crippen LogP contribution in [-0.2, 0) is 37.5 Å². The highest BCUT2D eigenvalue weighted by molar-refractivity contribution is 7.47. The molecule has 0 rings (SSSR count). The number of rotatable bonds is 46. The lowest BCUT2D eigenvalue weighted by Gasteiger charge is -2.20. The van der Waals surface area contributed by atoms with Gasteiger partial charge in [0.05, 0.1) is 19.3 Å². The third-order valence-electron chi connectivity index (χ3n) is 10.6. The standard InChI is InChI=1S/C52H90NO11P/c1-3-5-7-9-11-13-15-17-19-21-22-23-24-25-27-29-31-33-35-37-39-41-50(55)61-44-48(45-62-65(59,60)63-46-49(53)52(57)58)64-51(56)43-42-47(54)40-38-36-34-32-30-28-26-20-18-16-14-12-10-8-6-4-2/h6,8,12,14,18,20,28,30,34,36,38,40,47-49,54H,3-5,7,9-11,13,15-17,19,21-27,29,31-33,35,37,39,41-46,53H2,1-2H3,(H,57,58)(H,59,60)/b8-6-,14-12-,20-18-,30-28-,36-34-,40-38-/t47?,48-,49+/m1/s1. The van der Waals surface area contributed by atoms with Crippen molar-refractivity contribution < 1.29 is 52.6 Å². The van der Waals surface area contributed by atoms with E-state index < -0.39 is 63.8 Å². The summed E-state index contributed by atoms with van der Waals surface area (Å²) in [5, 5.41) is 19.3. The van der Waals surface area contributed by atoms with Crippen molar-refractivity contribution in [2.75, 3.05) is 19.8 Å². The molecule has 5 N–H and O–H groups in total. The van der Waals surface area contributed by atoms with Gasteiger partial charge < -0.3 is 30.3 Å². The second kappa shape index (κ2) is 46.0. The molecule has 4 atom stereocenters. The summed E-state index contributed by atoms with van der Waals surface area (Å²) in [6, 6.07) is -1.56. The maximum Gasteiger partial charge on any atom is 0.472 e. The maximum atomic E-state index is 12.7. The fourth-order valence-electron chi connectivity index (χ4n) is 6.65. The second-order valence-electron chi connectivity index (χ2n) is 16.8. The molecule has 0 saturated heterocycles. The molecule has 0 aliphatic heterocycles. The zero-order valence-electron chi connectivity index (χ0n) is 40.4. The number of hydrogen-bond acceptors (Lipinski definition) is 10. The largest absolute Gasteiger partial charge is 0.480 e. The quantitative estimate of drug-likeness (QED) is 0.0149. The summed E-state index contributed by atoms with van der Waals surface area (Å²) < 4.78 is 32.6. The number of esters is 2. The molecule has 0 radical (unpaired) electrons. The normalized spacial score (nSPS) is 14.7. The van der Waals surface area contributed by atoms with Crippen LogP contribution >= 0.6 is 7.82 Å². The van der Waals surface area contributed by atoms with Crippen molar-refractivity contribution in [3.8, 4) is 0 Å². The minimum Gasteiger partial charge on any atom is -0.480 e. The molecule has 0 fully saturated rings. The van der Waals surface area contributed by atoms with E-state index in [1.165, 1.54) is 109 Å². The van der Waals surface area contributed by atoms with Crippen LogP contribution in [0.2, 0.25) is 0 Å². The smallest absolute Gasteiger partial charge is 0.472 e. The second-order valence-corrected chi connectivity index (χ2v) is 18.2. The first kappa shape index (κ1) is 61.9. The first-order valence-electron chi connectivity index (χ1n) is 25.1. The summed E-state index contributed by atoms with van der Waals surface area (Å²) in [4.78, 5) is 46.2. The van der Waals surface area contributed by atoms with Crippen molar-refractivity contribution in [1.29, 1.82) is 0 Å². The van der Waals surface area contributed by atoms with E-state index >= 15 is 0 Å². The van der Waals surface area contributed by atoms with Crippen LogP contribution in [0.4, 0.5) is 0 Å². The van der Waals surface area contributed by atoms with E-state index in [9.17, 15) is 28.9 Å². The molecule has 0 aliphatic carbocycles. The first-order chi connectivity index (χ1) is 31.5. The highest BCUT2D eigenvalue weighted by Gasteiger charge is 2.28. The fraction of sp³-hybridized carbons (Fsp3) is 0.712. The molecule has 0 aromatic heterocycles. The molecule has 2 unspecified atom stereocenters. The summed E-state index contributed by atoms with van der Waals surface area (Å²) in [7, 11) is -4.79. The van der Waals surface area contributed by atoms with Crippen molar-refractivity contribution in [2.24, 2.45) is 5.73 Å². The summed E-state index contributed by atoms with van der Waals surface area (Å²) >= 11 is 0. The van der Waals surface area contributed by atoms with Crippen LogP contribution in [0.15, 0.2) is 72.9 Å². The van der Waals surface area contributed by atoms with Crippen LogP contribution in [0.3, 0.4) is 0 Å². The number of unbranched alkanes of at least 4 members (excludes halogenated alkanes) is 20. The molecular weight excluding hydrogens is 846 g/mol. The molecule has 0 aromatic rings. The summed E-state index contributed by atoms with van der Waals surface area (Å²) in [5.41, 5.74) is 5.33. The van der Waals surface area contributed by atoms with Crippen LogP contribution in [0.5, 0.6) is 0 Å². The number of aliphatic hydroxyl groups is 1. The third kappa shape index (κ3) is 45.8. The van der Waals surface area contributed by atoms with E-state index in [4.69, 9.17) is 24.8 Å². The Hall–Kier alpha value is -3.12. The number of ether oxygens (including phenoxy) is 2. The van der Waals surface area contributed by atoms with Crippen molar-refractivity contribution in [2.45, 2.75) is 218 Å². The van der Waals surface area contributed by atoms with E-state index in [2.05, 4.69) is 67.0 Å². The molecule has 12 nitrogen and oxygen atoms in total. The first-order valence-corrected chi connectivity index (χ1v) is 26.6. The van der Waals surface area contributed by atoms with Crippen LogP contribution < -0.4 is 5.73 Å². The zero-order chi connectivity index (χ0) is 47.9. The predicted molar refractivity (Wildman–Crippen MR) is 264 cm³/mol. The number of carboxylic acid groups (broad SMARTS) is 1. The molecule has 374 valence electrons. The monoisotopic (exact) mass is 936 g/mol. The van der Waals surface area contributed by atoms with Gasteiger partial charge in [0.15, 0.2) is 6.10 Å². The van der Waals surface area contributed by atoms with Crippen LogP contribution in [-0.4, -0.2) is 71.1 Å². The van der Waals surface area contributed by atoms with E-state index in [0.717, 1.165) is 51.4 Å². The Balaban J connectivity index is 4.45. The number of carbonyl (C=O) groups is 3. The molecule has 0 amide bonds. The molecule has 0 heterocycles. The minimum absolute atomic E-state index is 0.0432. The van der Waals surface area contributed by atoms with Crippen LogP contribution in [0, 0.1) is 0 Å². The number of aliphatic carboxylic acids is 1. The highest BCUT2D eigenvalue weighted by Crippen LogP contribution is 2.43. The summed E-state index contributed by atoms with van der Waals surface area (Å²) in [5.74, 6) is -2.69. The Morgan fingerprint density at radius 1 is 0.554 bits per heavy atom. The number of phosphoric ester groups is 1. The number of aliphatic hydroxyl groups excluding tert-OH is 1. The van der Waals surface area contributed by atoms with E-state index in [0.29, 0.717) is 6.42 Å². The van der Waals surface area contributed by atoms with Gasteiger partial charge in [-0.05, 0) is 44.9 Å². The number of carboxylic acids is 1. The topological polar surface area (TPSA) is 192 Å². The number of allylic oxidation sites excluding steroid dienone is 11. The Bertz CT molecular complexity index is 1390. The van der Waals surface area contributed by atoms with Crippen molar-refractivity contribution in [3.05, 3.63) is 72.9 Å². The van der Waals surface area contributed by atoms with Gasteiger partial charge in [0.25, 0.3) is 0 Å². The predicted octanol–water partition coefficient (Wildman–Crippen LogP) is 13.0. The Morgan fingerprint density at radius 3 is 1.45 bits per heavy atom. The fourth-order valence-corrected chi connectivity index (χ4v) is 7.42. The van der Waals surface area contributed by atoms with E-state index in [1.807, 2.05) is 12.2 Å². The van der Waals surface area contributed by atoms with Crippen LogP contribution in [0.1, 0.15) is 200 Å². The average Bonchev–Trinajstić information content (AvgIpc) is 3.28. The van der Waals surface area contributed by atoms with Gasteiger partial charge in [-0.2, -0.15) is 0 Å². The van der Waals surface area contributed by atoms with E-state index in [1.54, 1.807) is 12.2 Å². The third-order valence-corrected chi connectivity index (χ3v) is 11.5. The van der Waals surface area contributed by atoms with Gasteiger partial charge in [0.1, 0.15) is 12.6 Å². The number of hydrogen-bond donors (Lipinski definition) is 4. The molecule has 0 aliphatic rings. The van der Waals surface area contributed by atoms with Gasteiger partial charge in [-0.15, -0.1) is 0 Å². The Labute approximate surface area is 393 Å². The number of nitrogens with two attached hydrogens (primary N) is 1. The van der Waals surface area contributed by atoms with Crippen molar-refractivity contribution in [1.82, 2.24) is 0 Å². The van der Waals surface area contributed by atoms with Gasteiger partial charge >= 0.3 is 25.7 Å². The molecular formula is C52H90NO11P. The molecule has 0 saturated carbocycles. The summed E-state index contributed by atoms with van der Waals surface area (Å²) in [6.07, 6.45) is 53.0. The highest BCUT2D eigenvalue weighted by atomic mass is 31.2. The summed E-state index contributed by atoms with van der Waals surface area (Å²) in [6.45, 7) is 2.47. The lowest BCUT2D eigenvalue weighted by molar-refractivity contribution is -0.161. The Kier molecular flexibility index (Phi) is 43.8. The van der Waals surface area contributed by atoms with Crippen molar-refractivity contribution >= 4 is 25.7 Å². The molecule has 0 aromatic carbocycles. The molecule has 65 heavy (non-hydrogen) atoms. The molecule has 0 bridgehead atoms. The van der Waals surface area contributed by atoms with Gasteiger partial charge in [-0.25, -0.2) is 4.57 Å². The van der Waals surface area contributed by atoms with Gasteiger partial charge in [0, 0.05) is 12.8 Å². The van der Waals surface area contributed by atoms with Crippen molar-refractivity contribution in [3.63, 3.8) is 0 Å². The molecule has 13 heteroatoms. The van der Waals surface area contributed by atoms with Crippen LogP contribution in [0.25, 0.3) is 0 Å². The zero-order valence-corrected chi connectivity index (χ0v) is 41.3. The minimum atomic E-state index is -4.79. The lowest BCUT2D eigenvalue weighted by Crippen LogP contribution is -2.34.